The van der Waals surface area contributed by atoms with E-state index in [9.17, 15) is 14.7 Å². The predicted octanol–water partition coefficient (Wildman–Crippen LogP) is 3.56. The van der Waals surface area contributed by atoms with E-state index in [0.29, 0.717) is 36.7 Å². The highest BCUT2D eigenvalue weighted by Crippen LogP contribution is 2.40. The highest BCUT2D eigenvalue weighted by molar-refractivity contribution is 6.46. The van der Waals surface area contributed by atoms with E-state index < -0.39 is 17.7 Å². The van der Waals surface area contributed by atoms with Gasteiger partial charge in [0.2, 0.25) is 0 Å². The number of hydrogen-bond acceptors (Lipinski definition) is 6. The average Bonchev–Trinajstić information content (AvgIpc) is 3.36. The number of ketones is 1. The number of rotatable bonds is 8. The molecule has 1 N–H and O–H groups in total. The zero-order chi connectivity index (χ0) is 25.1. The molecule has 0 aliphatic carbocycles. The third kappa shape index (κ3) is 4.70. The lowest BCUT2D eigenvalue weighted by atomic mass is 9.95. The van der Waals surface area contributed by atoms with Crippen molar-refractivity contribution < 1.29 is 19.4 Å². The van der Waals surface area contributed by atoms with Gasteiger partial charge in [-0.05, 0) is 57.8 Å². The van der Waals surface area contributed by atoms with Crippen LogP contribution in [0.5, 0.6) is 5.75 Å². The van der Waals surface area contributed by atoms with Gasteiger partial charge in [-0.3, -0.25) is 9.59 Å². The topological polar surface area (TPSA) is 87.9 Å². The molecule has 1 aromatic heterocycles. The molecule has 0 bridgehead atoms. The van der Waals surface area contributed by atoms with Gasteiger partial charge >= 0.3 is 0 Å². The summed E-state index contributed by atoms with van der Waals surface area (Å²) in [5.41, 5.74) is 2.70. The minimum atomic E-state index is -0.717. The standard InChI is InChI=1S/C27H30N4O4/c1-5-35-21-13-11-19(12-14-21)24-23(26(33)27(34)30(24)16-15-29(3)4)25(32)22-17-28-31(18(22)2)20-9-7-6-8-10-20/h6-14,17,24,32H,5,15-16H2,1-4H3/b25-23+/t24-/m0/s1. The Bertz CT molecular complexity index is 1250. The lowest BCUT2D eigenvalue weighted by Crippen LogP contribution is -2.35. The first-order chi connectivity index (χ1) is 16.8. The molecule has 0 unspecified atom stereocenters. The lowest BCUT2D eigenvalue weighted by molar-refractivity contribution is -0.140. The average molecular weight is 475 g/mol. The van der Waals surface area contributed by atoms with E-state index in [-0.39, 0.29) is 11.3 Å². The van der Waals surface area contributed by atoms with Gasteiger partial charge in [0, 0.05) is 13.1 Å². The third-order valence-electron chi connectivity index (χ3n) is 6.10. The molecular weight excluding hydrogens is 444 g/mol. The molecule has 1 aliphatic rings. The molecule has 0 saturated carbocycles. The molecule has 0 radical (unpaired) electrons. The molecule has 1 amide bonds. The smallest absolute Gasteiger partial charge is 0.295 e. The number of aliphatic hydroxyl groups is 1. The Balaban J connectivity index is 1.82. The van der Waals surface area contributed by atoms with Crippen LogP contribution in [0.4, 0.5) is 0 Å². The Hall–Kier alpha value is -3.91. The highest BCUT2D eigenvalue weighted by atomic mass is 16.5. The summed E-state index contributed by atoms with van der Waals surface area (Å²) in [4.78, 5) is 29.8. The first-order valence-corrected chi connectivity index (χ1v) is 11.6. The lowest BCUT2D eigenvalue weighted by Gasteiger charge is -2.26. The summed E-state index contributed by atoms with van der Waals surface area (Å²) in [6.07, 6.45) is 1.53. The van der Waals surface area contributed by atoms with Crippen LogP contribution < -0.4 is 4.74 Å². The van der Waals surface area contributed by atoms with Crippen molar-refractivity contribution in [3.8, 4) is 11.4 Å². The summed E-state index contributed by atoms with van der Waals surface area (Å²) in [7, 11) is 3.81. The zero-order valence-electron chi connectivity index (χ0n) is 20.4. The number of aromatic nitrogens is 2. The summed E-state index contributed by atoms with van der Waals surface area (Å²) >= 11 is 0. The normalized spacial score (nSPS) is 17.4. The molecule has 3 aromatic rings. The van der Waals surface area contributed by atoms with Gasteiger partial charge in [0.05, 0.1) is 41.4 Å². The number of carbonyl (C=O) groups is 2. The van der Waals surface area contributed by atoms with Crippen molar-refractivity contribution in [1.29, 1.82) is 0 Å². The van der Waals surface area contributed by atoms with E-state index in [1.54, 1.807) is 4.68 Å². The highest BCUT2D eigenvalue weighted by Gasteiger charge is 2.46. The first-order valence-electron chi connectivity index (χ1n) is 11.6. The molecule has 1 fully saturated rings. The minimum Gasteiger partial charge on any atom is -0.507 e. The fourth-order valence-electron chi connectivity index (χ4n) is 4.29. The van der Waals surface area contributed by atoms with Crippen molar-refractivity contribution in [2.45, 2.75) is 19.9 Å². The van der Waals surface area contributed by atoms with Gasteiger partial charge < -0.3 is 19.6 Å². The molecule has 2 aromatic carbocycles. The van der Waals surface area contributed by atoms with Crippen LogP contribution in [0.3, 0.4) is 0 Å². The Morgan fingerprint density at radius 3 is 2.40 bits per heavy atom. The van der Waals surface area contributed by atoms with Crippen molar-refractivity contribution in [1.82, 2.24) is 19.6 Å². The van der Waals surface area contributed by atoms with Gasteiger partial charge in [-0.25, -0.2) is 4.68 Å². The number of likely N-dealkylation sites (tertiary alicyclic amines) is 1. The maximum atomic E-state index is 13.2. The Labute approximate surface area is 205 Å². The number of aliphatic hydroxyl groups excluding tert-OH is 1. The molecule has 2 heterocycles. The molecule has 182 valence electrons. The van der Waals surface area contributed by atoms with Crippen LogP contribution in [0.25, 0.3) is 11.4 Å². The number of likely N-dealkylation sites (N-methyl/N-ethyl adjacent to an activating group) is 1. The number of nitrogens with zero attached hydrogens (tertiary/aromatic N) is 4. The van der Waals surface area contributed by atoms with Crippen molar-refractivity contribution >= 4 is 17.4 Å². The van der Waals surface area contributed by atoms with Crippen molar-refractivity contribution in [3.63, 3.8) is 0 Å². The Morgan fingerprint density at radius 1 is 1.09 bits per heavy atom. The quantitative estimate of drug-likeness (QED) is 0.305. The number of para-hydroxylation sites is 1. The van der Waals surface area contributed by atoms with Crippen LogP contribution in [0, 0.1) is 6.92 Å². The van der Waals surface area contributed by atoms with Gasteiger partial charge in [-0.1, -0.05) is 30.3 Å². The number of hydrogen-bond donors (Lipinski definition) is 1. The summed E-state index contributed by atoms with van der Waals surface area (Å²) in [5.74, 6) is -0.858. The Kier molecular flexibility index (Phi) is 7.02. The Morgan fingerprint density at radius 2 is 1.77 bits per heavy atom. The third-order valence-corrected chi connectivity index (χ3v) is 6.10. The van der Waals surface area contributed by atoms with Gasteiger partial charge in [0.1, 0.15) is 11.5 Å². The molecule has 8 heteroatoms. The number of carbonyl (C=O) groups excluding carboxylic acids is 2. The van der Waals surface area contributed by atoms with E-state index in [4.69, 9.17) is 4.74 Å². The largest absolute Gasteiger partial charge is 0.507 e. The van der Waals surface area contributed by atoms with Gasteiger partial charge in [0.15, 0.2) is 0 Å². The number of Topliss-reactive ketones (excluding diaryl/α,β-unsaturated/α-hetero) is 1. The van der Waals surface area contributed by atoms with Crippen LogP contribution in [0.2, 0.25) is 0 Å². The van der Waals surface area contributed by atoms with E-state index in [2.05, 4.69) is 5.10 Å². The summed E-state index contributed by atoms with van der Waals surface area (Å²) < 4.78 is 7.25. The predicted molar refractivity (Wildman–Crippen MR) is 133 cm³/mol. The maximum absolute atomic E-state index is 13.2. The molecule has 4 rings (SSSR count). The number of ether oxygens (including phenoxy) is 1. The van der Waals surface area contributed by atoms with Crippen molar-refractivity contribution in [2.75, 3.05) is 33.8 Å². The van der Waals surface area contributed by atoms with Crippen LogP contribution in [-0.2, 0) is 9.59 Å². The SMILES string of the molecule is CCOc1ccc([C@H]2/C(=C(\O)c3cnn(-c4ccccc4)c3C)C(=O)C(=O)N2CCN(C)C)cc1. The zero-order valence-corrected chi connectivity index (χ0v) is 20.4. The fourth-order valence-corrected chi connectivity index (χ4v) is 4.29. The summed E-state index contributed by atoms with van der Waals surface area (Å²) in [6, 6.07) is 16.1. The second-order valence-corrected chi connectivity index (χ2v) is 8.69. The molecule has 0 spiro atoms. The first kappa shape index (κ1) is 24.2. The number of benzene rings is 2. The van der Waals surface area contributed by atoms with Crippen molar-refractivity contribution in [3.05, 3.63) is 83.2 Å². The molecule has 1 aliphatic heterocycles. The van der Waals surface area contributed by atoms with Crippen molar-refractivity contribution in [2.24, 2.45) is 0 Å². The number of amides is 1. The molecular formula is C27H30N4O4. The maximum Gasteiger partial charge on any atom is 0.295 e. The van der Waals surface area contributed by atoms with Crippen LogP contribution in [0.1, 0.15) is 29.8 Å². The minimum absolute atomic E-state index is 0.0635. The second kappa shape index (κ2) is 10.1. The van der Waals surface area contributed by atoms with E-state index in [1.165, 1.54) is 11.1 Å². The van der Waals surface area contributed by atoms with E-state index in [1.807, 2.05) is 87.4 Å². The fraction of sp³-hybridized carbons (Fsp3) is 0.296. The van der Waals surface area contributed by atoms with E-state index >= 15 is 0 Å². The monoisotopic (exact) mass is 474 g/mol. The molecule has 35 heavy (non-hydrogen) atoms. The van der Waals surface area contributed by atoms with Gasteiger partial charge in [-0.15, -0.1) is 0 Å². The van der Waals surface area contributed by atoms with Gasteiger partial charge in [0.25, 0.3) is 11.7 Å². The van der Waals surface area contributed by atoms with Gasteiger partial charge in [-0.2, -0.15) is 5.10 Å². The van der Waals surface area contributed by atoms with Crippen LogP contribution in [0.15, 0.2) is 66.4 Å². The molecule has 1 saturated heterocycles. The summed E-state index contributed by atoms with van der Waals surface area (Å²) in [5, 5.41) is 15.8. The second-order valence-electron chi connectivity index (χ2n) is 8.69. The molecule has 1 atom stereocenters. The van der Waals surface area contributed by atoms with Crippen LogP contribution in [-0.4, -0.2) is 70.2 Å². The van der Waals surface area contributed by atoms with Crippen LogP contribution >= 0.6 is 0 Å². The van der Waals surface area contributed by atoms with E-state index in [0.717, 1.165) is 11.3 Å². The summed E-state index contributed by atoms with van der Waals surface area (Å²) in [6.45, 7) is 5.18. The molecule has 8 nitrogen and oxygen atoms in total.